The Morgan fingerprint density at radius 1 is 1.16 bits per heavy atom. The fourth-order valence-corrected chi connectivity index (χ4v) is 2.66. The molecule has 0 heterocycles. The Kier molecular flexibility index (Phi) is 7.87. The van der Waals surface area contributed by atoms with E-state index in [0.29, 0.717) is 5.41 Å². The molecule has 2 rings (SSSR count). The molecule has 0 aliphatic heterocycles. The van der Waals surface area contributed by atoms with Crippen molar-refractivity contribution < 1.29 is 0 Å². The molecule has 1 nitrogen and oxygen atoms in total. The van der Waals surface area contributed by atoms with Crippen LogP contribution in [0.15, 0.2) is 17.0 Å². The molecule has 0 atom stereocenters. The van der Waals surface area contributed by atoms with Gasteiger partial charge in [-0.25, -0.2) is 0 Å². The number of benzene rings is 1. The lowest BCUT2D eigenvalue weighted by Crippen LogP contribution is -2.02. The van der Waals surface area contributed by atoms with E-state index in [9.17, 15) is 0 Å². The Hall–Kier alpha value is -0.940. The van der Waals surface area contributed by atoms with E-state index >= 15 is 0 Å². The molecule has 19 heavy (non-hydrogen) atoms. The maximum atomic E-state index is 9.12. The molecule has 0 spiro atoms. The lowest BCUT2D eigenvalue weighted by molar-refractivity contribution is 0.784. The highest BCUT2D eigenvalue weighted by atomic mass is 32.2. The molecule has 106 valence electrons. The fourth-order valence-electron chi connectivity index (χ4n) is 1.95. The fraction of sp³-hybridized carbons (Fsp3) is 0.588. The van der Waals surface area contributed by atoms with Crippen LogP contribution in [0.1, 0.15) is 64.2 Å². The van der Waals surface area contributed by atoms with Crippen LogP contribution >= 0.6 is 11.8 Å². The van der Waals surface area contributed by atoms with Gasteiger partial charge < -0.3 is 0 Å². The third kappa shape index (κ3) is 4.28. The Labute approximate surface area is 123 Å². The van der Waals surface area contributed by atoms with Gasteiger partial charge in [-0.3, -0.25) is 0 Å². The molecule has 1 aromatic carbocycles. The SMILES string of the molecule is CC.CC.CSc1c(C)cc(C2(C)CC2)cc1C#N. The summed E-state index contributed by atoms with van der Waals surface area (Å²) in [6, 6.07) is 6.63. The van der Waals surface area contributed by atoms with Gasteiger partial charge in [0.25, 0.3) is 0 Å². The number of thioether (sulfide) groups is 1. The molecule has 2 heteroatoms. The van der Waals surface area contributed by atoms with Crippen molar-refractivity contribution in [3.05, 3.63) is 28.8 Å². The maximum absolute atomic E-state index is 9.12. The highest BCUT2D eigenvalue weighted by Crippen LogP contribution is 2.48. The summed E-state index contributed by atoms with van der Waals surface area (Å²) in [4.78, 5) is 1.13. The number of hydrogen-bond acceptors (Lipinski definition) is 2. The summed E-state index contributed by atoms with van der Waals surface area (Å²) >= 11 is 1.66. The summed E-state index contributed by atoms with van der Waals surface area (Å²) in [7, 11) is 0. The predicted molar refractivity (Wildman–Crippen MR) is 87.0 cm³/mol. The Morgan fingerprint density at radius 2 is 1.68 bits per heavy atom. The van der Waals surface area contributed by atoms with Gasteiger partial charge in [0.15, 0.2) is 0 Å². The third-order valence-electron chi connectivity index (χ3n) is 3.30. The van der Waals surface area contributed by atoms with Crippen LogP contribution < -0.4 is 0 Å². The number of hydrogen-bond donors (Lipinski definition) is 0. The first-order valence-corrected chi connectivity index (χ1v) is 8.42. The molecule has 0 aromatic heterocycles. The van der Waals surface area contributed by atoms with Gasteiger partial charge in [0, 0.05) is 4.90 Å². The van der Waals surface area contributed by atoms with Crippen LogP contribution in [0.25, 0.3) is 0 Å². The predicted octanol–water partition coefficient (Wildman–Crippen LogP) is 5.69. The molecular weight excluding hydrogens is 250 g/mol. The first kappa shape index (κ1) is 18.1. The zero-order valence-electron chi connectivity index (χ0n) is 13.4. The van der Waals surface area contributed by atoms with Crippen LogP contribution in [0.3, 0.4) is 0 Å². The molecule has 0 radical (unpaired) electrons. The molecule has 1 aliphatic carbocycles. The van der Waals surface area contributed by atoms with Crippen molar-refractivity contribution in [1.29, 1.82) is 5.26 Å². The standard InChI is InChI=1S/C13H15NS.2C2H6/c1-9-6-11(13(2)4-5-13)7-10(8-14)12(9)15-3;2*1-2/h6-7H,4-5H2,1-3H3;2*1-2H3. The van der Waals surface area contributed by atoms with E-state index in [0.717, 1.165) is 10.5 Å². The zero-order valence-corrected chi connectivity index (χ0v) is 14.2. The highest BCUT2D eigenvalue weighted by molar-refractivity contribution is 7.98. The van der Waals surface area contributed by atoms with Crippen molar-refractivity contribution in [3.8, 4) is 6.07 Å². The van der Waals surface area contributed by atoms with Crippen molar-refractivity contribution in [2.24, 2.45) is 0 Å². The minimum Gasteiger partial charge on any atom is -0.192 e. The zero-order chi connectivity index (χ0) is 15.1. The molecule has 0 unspecified atom stereocenters. The topological polar surface area (TPSA) is 23.8 Å². The van der Waals surface area contributed by atoms with Crippen LogP contribution in [-0.2, 0) is 5.41 Å². The molecule has 0 saturated heterocycles. The van der Waals surface area contributed by atoms with Crippen molar-refractivity contribution in [2.75, 3.05) is 6.26 Å². The van der Waals surface area contributed by atoms with Crippen LogP contribution in [0.5, 0.6) is 0 Å². The second-order valence-corrected chi connectivity index (χ2v) is 5.36. The molecular formula is C17H27NS. The van der Waals surface area contributed by atoms with Gasteiger partial charge in [-0.2, -0.15) is 5.26 Å². The van der Waals surface area contributed by atoms with Gasteiger partial charge in [-0.15, -0.1) is 11.8 Å². The van der Waals surface area contributed by atoms with E-state index in [2.05, 4.69) is 32.0 Å². The molecule has 1 aliphatic rings. The van der Waals surface area contributed by atoms with Crippen molar-refractivity contribution in [3.63, 3.8) is 0 Å². The van der Waals surface area contributed by atoms with Crippen molar-refractivity contribution in [2.45, 2.75) is 64.7 Å². The molecule has 0 amide bonds. The third-order valence-corrected chi connectivity index (χ3v) is 4.25. The summed E-state index contributed by atoms with van der Waals surface area (Å²) in [5.41, 5.74) is 3.78. The average molecular weight is 277 g/mol. The quantitative estimate of drug-likeness (QED) is 0.648. The molecule has 1 saturated carbocycles. The van der Waals surface area contributed by atoms with Crippen molar-refractivity contribution in [1.82, 2.24) is 0 Å². The first-order valence-electron chi connectivity index (χ1n) is 7.20. The number of aryl methyl sites for hydroxylation is 1. The summed E-state index contributed by atoms with van der Waals surface area (Å²) in [6.45, 7) is 12.4. The summed E-state index contributed by atoms with van der Waals surface area (Å²) in [5, 5.41) is 9.12. The van der Waals surface area contributed by atoms with E-state index in [-0.39, 0.29) is 0 Å². The van der Waals surface area contributed by atoms with E-state index in [1.807, 2.05) is 34.0 Å². The molecule has 1 aromatic rings. The van der Waals surface area contributed by atoms with E-state index < -0.39 is 0 Å². The van der Waals surface area contributed by atoms with Gasteiger partial charge in [0.05, 0.1) is 5.56 Å². The van der Waals surface area contributed by atoms with E-state index in [1.165, 1.54) is 24.0 Å². The van der Waals surface area contributed by atoms with E-state index in [4.69, 9.17) is 5.26 Å². The molecule has 1 fully saturated rings. The van der Waals surface area contributed by atoms with Crippen LogP contribution in [0.4, 0.5) is 0 Å². The van der Waals surface area contributed by atoms with Gasteiger partial charge in [0.2, 0.25) is 0 Å². The van der Waals surface area contributed by atoms with Gasteiger partial charge in [-0.05, 0) is 48.6 Å². The largest absolute Gasteiger partial charge is 0.192 e. The second kappa shape index (κ2) is 8.27. The number of nitrogens with zero attached hydrogens (tertiary/aromatic N) is 1. The Balaban J connectivity index is 0.000000741. The Bertz CT molecular complexity index is 439. The smallest absolute Gasteiger partial charge is 0.100 e. The average Bonchev–Trinajstić information content (AvgIpc) is 3.21. The number of rotatable bonds is 2. The lowest BCUT2D eigenvalue weighted by Gasteiger charge is -2.13. The summed E-state index contributed by atoms with van der Waals surface area (Å²) < 4.78 is 0. The van der Waals surface area contributed by atoms with Gasteiger partial charge in [0.1, 0.15) is 6.07 Å². The molecule has 0 N–H and O–H groups in total. The van der Waals surface area contributed by atoms with Gasteiger partial charge >= 0.3 is 0 Å². The minimum atomic E-state index is 0.354. The van der Waals surface area contributed by atoms with Crippen LogP contribution in [-0.4, -0.2) is 6.26 Å². The van der Waals surface area contributed by atoms with E-state index in [1.54, 1.807) is 11.8 Å². The highest BCUT2D eigenvalue weighted by Gasteiger charge is 2.39. The first-order chi connectivity index (χ1) is 9.10. The minimum absolute atomic E-state index is 0.354. The van der Waals surface area contributed by atoms with Crippen molar-refractivity contribution >= 4 is 11.8 Å². The normalized spacial score (nSPS) is 14.2. The Morgan fingerprint density at radius 3 is 2.05 bits per heavy atom. The maximum Gasteiger partial charge on any atom is 0.100 e. The number of nitriles is 1. The summed E-state index contributed by atoms with van der Waals surface area (Å²) in [5.74, 6) is 0. The second-order valence-electron chi connectivity index (χ2n) is 4.55. The molecule has 0 bridgehead atoms. The van der Waals surface area contributed by atoms with Crippen LogP contribution in [0.2, 0.25) is 0 Å². The van der Waals surface area contributed by atoms with Gasteiger partial charge in [-0.1, -0.05) is 40.7 Å². The van der Waals surface area contributed by atoms with Crippen LogP contribution in [0, 0.1) is 18.3 Å². The summed E-state index contributed by atoms with van der Waals surface area (Å²) in [6.07, 6.45) is 4.55. The monoisotopic (exact) mass is 277 g/mol. The lowest BCUT2D eigenvalue weighted by atomic mass is 9.94.